The molecule has 390 valence electrons. The second kappa shape index (κ2) is 52.9. The van der Waals surface area contributed by atoms with Crippen molar-refractivity contribution in [3.8, 4) is 0 Å². The van der Waals surface area contributed by atoms with Crippen LogP contribution in [-0.2, 0) is 18.4 Å². The van der Waals surface area contributed by atoms with Gasteiger partial charge in [0.05, 0.1) is 25.4 Å². The van der Waals surface area contributed by atoms with Crippen LogP contribution in [0.25, 0.3) is 0 Å². The van der Waals surface area contributed by atoms with Crippen LogP contribution in [0.15, 0.2) is 0 Å². The van der Waals surface area contributed by atoms with Crippen LogP contribution in [0, 0.1) is 0 Å². The van der Waals surface area contributed by atoms with Gasteiger partial charge in [-0.2, -0.15) is 0 Å². The molecule has 8 nitrogen and oxygen atoms in total. The predicted molar refractivity (Wildman–Crippen MR) is 282 cm³/mol. The first-order valence-electron chi connectivity index (χ1n) is 29.2. The summed E-state index contributed by atoms with van der Waals surface area (Å²) in [5, 5.41) is 13.8. The lowest BCUT2D eigenvalue weighted by atomic mass is 10.0. The minimum Gasteiger partial charge on any atom is -0.391 e. The zero-order valence-corrected chi connectivity index (χ0v) is 44.7. The second-order valence-electron chi connectivity index (χ2n) is 20.2. The first-order valence-corrected chi connectivity index (χ1v) is 30.6. The molecule has 0 aliphatic carbocycles. The summed E-state index contributed by atoms with van der Waals surface area (Å²) in [7, 11) is -4.31. The summed E-state index contributed by atoms with van der Waals surface area (Å²) in [6.07, 6.45) is 61.9. The number of aliphatic hydroxyl groups is 1. The van der Waals surface area contributed by atoms with Gasteiger partial charge in [0.1, 0.15) is 0 Å². The fraction of sp³-hybridized carbons (Fsp3) is 0.982. The van der Waals surface area contributed by atoms with Gasteiger partial charge < -0.3 is 21.1 Å². The lowest BCUT2D eigenvalue weighted by molar-refractivity contribution is -0.123. The Morgan fingerprint density at radius 3 is 0.985 bits per heavy atom. The molecular weight excluding hydrogens is 828 g/mol. The van der Waals surface area contributed by atoms with Crippen molar-refractivity contribution in [2.24, 2.45) is 5.73 Å². The molecule has 0 spiro atoms. The average Bonchev–Trinajstić information content (AvgIpc) is 3.30. The third-order valence-electron chi connectivity index (χ3n) is 13.7. The first kappa shape index (κ1) is 64.5. The first-order chi connectivity index (χ1) is 31.9. The molecule has 0 aromatic carbocycles. The minimum absolute atomic E-state index is 0.0925. The molecule has 0 saturated heterocycles. The molecule has 9 heteroatoms. The number of phosphoric ester groups is 1. The van der Waals surface area contributed by atoms with Gasteiger partial charge in [0.25, 0.3) is 0 Å². The largest absolute Gasteiger partial charge is 0.472 e. The Hall–Kier alpha value is -0.500. The standard InChI is InChI=1S/C56H115N2O6P/c1-3-5-7-9-11-13-15-16-17-18-19-20-21-22-23-24-25-26-27-28-29-30-31-32-33-34-35-36-37-38-39-40-42-44-46-48-50-56(60)58-54(53-64-65(61,62)63-52-51-57)55(59)49-47-45-43-41-14-12-10-8-6-4-2/h54-55,59H,3-53,57H2,1-2H3,(H,58,60)(H,61,62)/t54-,55+/m0/s1. The van der Waals surface area contributed by atoms with Crippen molar-refractivity contribution in [3.05, 3.63) is 0 Å². The number of amides is 1. The molecule has 0 saturated carbocycles. The van der Waals surface area contributed by atoms with Gasteiger partial charge in [-0.15, -0.1) is 0 Å². The number of nitrogens with two attached hydrogens (primary N) is 1. The third kappa shape index (κ3) is 51.2. The van der Waals surface area contributed by atoms with Gasteiger partial charge in [0, 0.05) is 13.0 Å². The van der Waals surface area contributed by atoms with Crippen LogP contribution in [0.1, 0.15) is 322 Å². The van der Waals surface area contributed by atoms with Crippen LogP contribution < -0.4 is 11.1 Å². The number of unbranched alkanes of at least 4 members (excludes halogenated alkanes) is 44. The van der Waals surface area contributed by atoms with Crippen molar-refractivity contribution in [3.63, 3.8) is 0 Å². The normalized spacial score (nSPS) is 13.6. The van der Waals surface area contributed by atoms with Gasteiger partial charge in [-0.05, 0) is 12.8 Å². The lowest BCUT2D eigenvalue weighted by Crippen LogP contribution is -2.46. The highest BCUT2D eigenvalue weighted by Crippen LogP contribution is 2.43. The molecule has 0 fully saturated rings. The van der Waals surface area contributed by atoms with E-state index in [1.54, 1.807) is 0 Å². The summed E-state index contributed by atoms with van der Waals surface area (Å²) in [6.45, 7) is 4.24. The van der Waals surface area contributed by atoms with E-state index in [-0.39, 0.29) is 25.7 Å². The molecule has 0 aromatic rings. The Bertz CT molecular complexity index is 988. The van der Waals surface area contributed by atoms with Crippen molar-refractivity contribution in [2.45, 2.75) is 334 Å². The SMILES string of the molecule is CCCCCCCCCCCCCCCCCCCCCCCCCCCCCCCCCCCCCCC(=O)N[C@@H](COP(=O)(O)OCCN)[C@H](O)CCCCCCCCCCCC. The molecule has 1 amide bonds. The smallest absolute Gasteiger partial charge is 0.391 e. The van der Waals surface area contributed by atoms with E-state index in [1.807, 2.05) is 0 Å². The van der Waals surface area contributed by atoms with E-state index in [0.29, 0.717) is 12.8 Å². The Morgan fingerprint density at radius 2 is 0.708 bits per heavy atom. The maximum Gasteiger partial charge on any atom is 0.472 e. The van der Waals surface area contributed by atoms with E-state index in [9.17, 15) is 19.4 Å². The fourth-order valence-electron chi connectivity index (χ4n) is 9.32. The zero-order valence-electron chi connectivity index (χ0n) is 43.8. The molecule has 0 rings (SSSR count). The molecule has 0 aliphatic rings. The highest BCUT2D eigenvalue weighted by molar-refractivity contribution is 7.47. The van der Waals surface area contributed by atoms with Gasteiger partial charge >= 0.3 is 7.82 Å². The molecular formula is C56H115N2O6P. The highest BCUT2D eigenvalue weighted by atomic mass is 31.2. The number of carbonyl (C=O) groups is 1. The summed E-state index contributed by atoms with van der Waals surface area (Å²) in [5.74, 6) is -0.155. The van der Waals surface area contributed by atoms with E-state index in [0.717, 1.165) is 38.5 Å². The monoisotopic (exact) mass is 943 g/mol. The Kier molecular flexibility index (Phi) is 52.5. The van der Waals surface area contributed by atoms with E-state index in [1.165, 1.54) is 257 Å². The van der Waals surface area contributed by atoms with Crippen LogP contribution in [0.5, 0.6) is 0 Å². The summed E-state index contributed by atoms with van der Waals surface area (Å²) >= 11 is 0. The predicted octanol–water partition coefficient (Wildman–Crippen LogP) is 17.7. The Balaban J connectivity index is 3.66. The third-order valence-corrected chi connectivity index (χ3v) is 14.7. The number of phosphoric acid groups is 1. The number of nitrogens with one attached hydrogen (secondary N) is 1. The van der Waals surface area contributed by atoms with Gasteiger partial charge in [0.2, 0.25) is 5.91 Å². The fourth-order valence-corrected chi connectivity index (χ4v) is 10.1. The number of aliphatic hydroxyl groups excluding tert-OH is 1. The van der Waals surface area contributed by atoms with Gasteiger partial charge in [-0.25, -0.2) is 4.57 Å². The van der Waals surface area contributed by atoms with E-state index in [4.69, 9.17) is 14.8 Å². The number of carbonyl (C=O) groups excluding carboxylic acids is 1. The zero-order chi connectivity index (χ0) is 47.4. The van der Waals surface area contributed by atoms with Gasteiger partial charge in [-0.1, -0.05) is 303 Å². The van der Waals surface area contributed by atoms with Crippen LogP contribution in [-0.4, -0.2) is 47.8 Å². The topological polar surface area (TPSA) is 131 Å². The Labute approximate surface area is 405 Å². The molecule has 0 bridgehead atoms. The number of hydrogen-bond acceptors (Lipinski definition) is 6. The molecule has 0 aromatic heterocycles. The summed E-state index contributed by atoms with van der Waals surface area (Å²) < 4.78 is 22.2. The Morgan fingerprint density at radius 1 is 0.446 bits per heavy atom. The van der Waals surface area contributed by atoms with Crippen LogP contribution >= 0.6 is 7.82 Å². The van der Waals surface area contributed by atoms with Gasteiger partial charge in [0.15, 0.2) is 0 Å². The highest BCUT2D eigenvalue weighted by Gasteiger charge is 2.27. The molecule has 3 atom stereocenters. The molecule has 0 heterocycles. The van der Waals surface area contributed by atoms with Gasteiger partial charge in [-0.3, -0.25) is 13.8 Å². The van der Waals surface area contributed by atoms with Crippen molar-refractivity contribution in [2.75, 3.05) is 19.8 Å². The van der Waals surface area contributed by atoms with Crippen molar-refractivity contribution in [1.82, 2.24) is 5.32 Å². The van der Waals surface area contributed by atoms with Crippen LogP contribution in [0.4, 0.5) is 0 Å². The van der Waals surface area contributed by atoms with Crippen LogP contribution in [0.2, 0.25) is 0 Å². The quantitative estimate of drug-likeness (QED) is 0.0353. The van der Waals surface area contributed by atoms with E-state index in [2.05, 4.69) is 19.2 Å². The maximum atomic E-state index is 12.8. The van der Waals surface area contributed by atoms with E-state index < -0.39 is 20.0 Å². The molecule has 0 aliphatic heterocycles. The summed E-state index contributed by atoms with van der Waals surface area (Å²) in [5.41, 5.74) is 5.39. The second-order valence-corrected chi connectivity index (χ2v) is 21.7. The number of hydrogen-bond donors (Lipinski definition) is 4. The van der Waals surface area contributed by atoms with Crippen molar-refractivity contribution >= 4 is 13.7 Å². The number of rotatable bonds is 56. The minimum atomic E-state index is -4.31. The molecule has 5 N–H and O–H groups in total. The summed E-state index contributed by atoms with van der Waals surface area (Å²) in [6, 6.07) is -0.768. The molecule has 65 heavy (non-hydrogen) atoms. The molecule has 1 unspecified atom stereocenters. The van der Waals surface area contributed by atoms with Crippen molar-refractivity contribution in [1.29, 1.82) is 0 Å². The van der Waals surface area contributed by atoms with Crippen molar-refractivity contribution < 1.29 is 28.4 Å². The van der Waals surface area contributed by atoms with Crippen LogP contribution in [0.3, 0.4) is 0 Å². The average molecular weight is 944 g/mol. The van der Waals surface area contributed by atoms with E-state index >= 15 is 0 Å². The summed E-state index contributed by atoms with van der Waals surface area (Å²) in [4.78, 5) is 22.8. The maximum absolute atomic E-state index is 12.8. The molecule has 0 radical (unpaired) electrons. The lowest BCUT2D eigenvalue weighted by Gasteiger charge is -2.25.